The summed E-state index contributed by atoms with van der Waals surface area (Å²) in [5, 5.41) is 9.39. The Morgan fingerprint density at radius 3 is 2.11 bits per heavy atom. The zero-order chi connectivity index (χ0) is 33.9. The predicted molar refractivity (Wildman–Crippen MR) is 173 cm³/mol. The van der Waals surface area contributed by atoms with Gasteiger partial charge in [0.2, 0.25) is 5.91 Å². The van der Waals surface area contributed by atoms with Crippen molar-refractivity contribution in [2.24, 2.45) is 5.41 Å². The van der Waals surface area contributed by atoms with E-state index in [0.717, 1.165) is 23.8 Å². The van der Waals surface area contributed by atoms with Crippen LogP contribution in [0.4, 0.5) is 8.78 Å². The summed E-state index contributed by atoms with van der Waals surface area (Å²) in [7, 11) is 0. The molecule has 47 heavy (non-hydrogen) atoms. The van der Waals surface area contributed by atoms with Crippen molar-refractivity contribution in [3.63, 3.8) is 0 Å². The average molecular weight is 642 g/mol. The summed E-state index contributed by atoms with van der Waals surface area (Å²) < 4.78 is 31.3. The fraction of sp³-hybridized carbons (Fsp3) is 0.297. The number of aliphatic carboxylic acids is 1. The Morgan fingerprint density at radius 1 is 0.851 bits per heavy atom. The van der Waals surface area contributed by atoms with Crippen LogP contribution >= 0.6 is 0 Å². The molecule has 0 spiro atoms. The molecule has 1 aliphatic heterocycles. The number of amides is 3. The van der Waals surface area contributed by atoms with Gasteiger partial charge < -0.3 is 14.6 Å². The van der Waals surface area contributed by atoms with Crippen LogP contribution in [0, 0.1) is 17.0 Å². The van der Waals surface area contributed by atoms with Crippen LogP contribution in [0.2, 0.25) is 0 Å². The molecule has 3 amide bonds. The van der Waals surface area contributed by atoms with E-state index in [1.165, 1.54) is 4.90 Å². The first kappa shape index (κ1) is 33.2. The third-order valence-electron chi connectivity index (χ3n) is 8.31. The Hall–Kier alpha value is -5.12. The van der Waals surface area contributed by atoms with E-state index in [1.54, 1.807) is 41.4 Å². The molecule has 0 saturated heterocycles. The number of imide groups is 1. The van der Waals surface area contributed by atoms with Crippen LogP contribution in [0.15, 0.2) is 85.1 Å². The molecule has 0 unspecified atom stereocenters. The molecule has 4 aromatic rings. The average Bonchev–Trinajstić information content (AvgIpc) is 3.54. The van der Waals surface area contributed by atoms with E-state index in [9.17, 15) is 28.7 Å². The highest BCUT2D eigenvalue weighted by atomic mass is 19.1. The standard InChI is InChI=1S/C37H37F2N3O5/c1-37(2,3)34(31-20-25(29-21-26(38)14-15-30(29)39)23-40(31)22-24-10-5-4-6-11-24)41(32(43)16-17-33(44)45)18-9-19-42-35(46)27-12-7-8-13-28(27)36(42)47/h4-8,10-15,20-21,23,34H,9,16-19,22H2,1-3H3,(H,44,45)/t34-/m0/s1. The Balaban J connectivity index is 1.54. The first-order valence-electron chi connectivity index (χ1n) is 15.5. The van der Waals surface area contributed by atoms with Crippen LogP contribution in [0.5, 0.6) is 0 Å². The second kappa shape index (κ2) is 13.7. The highest BCUT2D eigenvalue weighted by Gasteiger charge is 2.38. The summed E-state index contributed by atoms with van der Waals surface area (Å²) in [4.78, 5) is 54.2. The maximum absolute atomic E-state index is 15.0. The molecule has 0 radical (unpaired) electrons. The molecule has 0 saturated carbocycles. The number of halogens is 2. The SMILES string of the molecule is CC(C)(C)[C@H](c1cc(-c2cc(F)ccc2F)cn1Cc1ccccc1)N(CCCN1C(=O)c2ccccc2C1=O)C(=O)CCC(=O)O. The van der Waals surface area contributed by atoms with Crippen LogP contribution < -0.4 is 0 Å². The highest BCUT2D eigenvalue weighted by Crippen LogP contribution is 2.41. The van der Waals surface area contributed by atoms with Crippen LogP contribution in [0.1, 0.15) is 78.0 Å². The molecular formula is C37H37F2N3O5. The van der Waals surface area contributed by atoms with Gasteiger partial charge in [-0.2, -0.15) is 0 Å². The molecule has 244 valence electrons. The van der Waals surface area contributed by atoms with Crippen LogP contribution in [0.3, 0.4) is 0 Å². The Labute approximate surface area is 272 Å². The van der Waals surface area contributed by atoms with Crippen molar-refractivity contribution >= 4 is 23.7 Å². The van der Waals surface area contributed by atoms with E-state index in [4.69, 9.17) is 0 Å². The van der Waals surface area contributed by atoms with E-state index in [2.05, 4.69) is 0 Å². The fourth-order valence-corrected chi connectivity index (χ4v) is 6.21. The van der Waals surface area contributed by atoms with Gasteiger partial charge in [-0.05, 0) is 53.8 Å². The molecule has 5 rings (SSSR count). The van der Waals surface area contributed by atoms with E-state index >= 15 is 4.39 Å². The number of carbonyl (C=O) groups excluding carboxylic acids is 3. The van der Waals surface area contributed by atoms with Gasteiger partial charge in [-0.15, -0.1) is 0 Å². The van der Waals surface area contributed by atoms with E-state index in [1.807, 2.05) is 55.7 Å². The molecule has 10 heteroatoms. The van der Waals surface area contributed by atoms with Crippen molar-refractivity contribution in [2.45, 2.75) is 52.6 Å². The molecule has 0 aliphatic carbocycles. The molecule has 0 fully saturated rings. The number of fused-ring (bicyclic) bond motifs is 1. The second-order valence-corrected chi connectivity index (χ2v) is 12.8. The van der Waals surface area contributed by atoms with Gasteiger partial charge in [0.25, 0.3) is 11.8 Å². The van der Waals surface area contributed by atoms with Crippen molar-refractivity contribution in [1.82, 2.24) is 14.4 Å². The second-order valence-electron chi connectivity index (χ2n) is 12.8. The maximum atomic E-state index is 15.0. The van der Waals surface area contributed by atoms with Gasteiger partial charge in [0.1, 0.15) is 11.6 Å². The molecule has 8 nitrogen and oxygen atoms in total. The predicted octanol–water partition coefficient (Wildman–Crippen LogP) is 6.95. The van der Waals surface area contributed by atoms with E-state index in [0.29, 0.717) is 28.9 Å². The van der Waals surface area contributed by atoms with Crippen LogP contribution in [0.25, 0.3) is 11.1 Å². The van der Waals surface area contributed by atoms with E-state index in [-0.39, 0.29) is 37.9 Å². The third-order valence-corrected chi connectivity index (χ3v) is 8.31. The largest absolute Gasteiger partial charge is 0.481 e. The minimum absolute atomic E-state index is 0.0523. The number of benzene rings is 3. The summed E-state index contributed by atoms with van der Waals surface area (Å²) in [6.45, 7) is 6.36. The number of hydrogen-bond donors (Lipinski definition) is 1. The molecule has 1 atom stereocenters. The number of carboxylic acid groups (broad SMARTS) is 1. The topological polar surface area (TPSA) is 99.9 Å². The fourth-order valence-electron chi connectivity index (χ4n) is 6.21. The van der Waals surface area contributed by atoms with Crippen LogP contribution in [-0.4, -0.2) is 56.3 Å². The monoisotopic (exact) mass is 641 g/mol. The van der Waals surface area contributed by atoms with Crippen molar-refractivity contribution in [2.75, 3.05) is 13.1 Å². The van der Waals surface area contributed by atoms with Crippen molar-refractivity contribution in [3.05, 3.63) is 119 Å². The first-order chi connectivity index (χ1) is 22.3. The molecular weight excluding hydrogens is 604 g/mol. The summed E-state index contributed by atoms with van der Waals surface area (Å²) in [5.41, 5.74) is 2.11. The molecule has 0 bridgehead atoms. The lowest BCUT2D eigenvalue weighted by Crippen LogP contribution is -2.44. The number of carbonyl (C=O) groups is 4. The zero-order valence-electron chi connectivity index (χ0n) is 26.6. The van der Waals surface area contributed by atoms with Gasteiger partial charge in [0.15, 0.2) is 0 Å². The van der Waals surface area contributed by atoms with Crippen molar-refractivity contribution < 1.29 is 33.1 Å². The van der Waals surface area contributed by atoms with Crippen LogP contribution in [-0.2, 0) is 16.1 Å². The van der Waals surface area contributed by atoms with Gasteiger partial charge in [0.05, 0.1) is 23.6 Å². The van der Waals surface area contributed by atoms with Gasteiger partial charge in [-0.3, -0.25) is 24.1 Å². The summed E-state index contributed by atoms with van der Waals surface area (Å²) in [6.07, 6.45) is 1.33. The highest BCUT2D eigenvalue weighted by molar-refractivity contribution is 6.21. The van der Waals surface area contributed by atoms with E-state index < -0.39 is 46.8 Å². The van der Waals surface area contributed by atoms with Gasteiger partial charge >= 0.3 is 5.97 Å². The van der Waals surface area contributed by atoms with Gasteiger partial charge in [-0.1, -0.05) is 63.2 Å². The summed E-state index contributed by atoms with van der Waals surface area (Å²) in [6, 6.07) is 20.5. The number of nitrogens with zero attached hydrogens (tertiary/aromatic N) is 3. The minimum Gasteiger partial charge on any atom is -0.481 e. The lowest BCUT2D eigenvalue weighted by molar-refractivity contribution is -0.143. The number of carboxylic acids is 1. The molecule has 2 heterocycles. The van der Waals surface area contributed by atoms with Crippen molar-refractivity contribution in [3.8, 4) is 11.1 Å². The first-order valence-corrected chi connectivity index (χ1v) is 15.5. The Kier molecular flexibility index (Phi) is 9.69. The Morgan fingerprint density at radius 2 is 1.49 bits per heavy atom. The number of hydrogen-bond acceptors (Lipinski definition) is 4. The lowest BCUT2D eigenvalue weighted by atomic mass is 9.82. The quantitative estimate of drug-likeness (QED) is 0.169. The lowest BCUT2D eigenvalue weighted by Gasteiger charge is -2.41. The molecule has 1 aromatic heterocycles. The molecule has 1 aliphatic rings. The Bertz CT molecular complexity index is 1780. The summed E-state index contributed by atoms with van der Waals surface area (Å²) in [5.74, 6) is -3.53. The smallest absolute Gasteiger partial charge is 0.303 e. The minimum atomic E-state index is -1.12. The maximum Gasteiger partial charge on any atom is 0.303 e. The third kappa shape index (κ3) is 7.32. The van der Waals surface area contributed by atoms with Gasteiger partial charge in [0, 0.05) is 49.1 Å². The normalized spacial score (nSPS) is 13.5. The molecule has 1 N–H and O–H groups in total. The number of rotatable bonds is 12. The number of aromatic nitrogens is 1. The summed E-state index contributed by atoms with van der Waals surface area (Å²) >= 11 is 0. The zero-order valence-corrected chi connectivity index (χ0v) is 26.6. The van der Waals surface area contributed by atoms with Gasteiger partial charge in [-0.25, -0.2) is 8.78 Å². The van der Waals surface area contributed by atoms with Crippen molar-refractivity contribution in [1.29, 1.82) is 0 Å². The molecule has 3 aromatic carbocycles.